The van der Waals surface area contributed by atoms with E-state index in [9.17, 15) is 24.0 Å². The van der Waals surface area contributed by atoms with Crippen LogP contribution in [0.1, 0.15) is 44.5 Å². The van der Waals surface area contributed by atoms with Crippen LogP contribution in [0.2, 0.25) is 0 Å². The van der Waals surface area contributed by atoms with Crippen molar-refractivity contribution in [1.82, 2.24) is 19.8 Å². The van der Waals surface area contributed by atoms with Crippen molar-refractivity contribution in [3.8, 4) is 0 Å². The quantitative estimate of drug-likeness (QED) is 0.649. The number of likely N-dealkylation sites (tertiary alicyclic amines) is 1. The van der Waals surface area contributed by atoms with Gasteiger partial charge in [0, 0.05) is 31.1 Å². The molecular formula is C22H28N4O7. The number of rotatable bonds is 4. The Kier molecular flexibility index (Phi) is 6.61. The van der Waals surface area contributed by atoms with Crippen LogP contribution in [0.4, 0.5) is 4.79 Å². The Hall–Kier alpha value is -3.63. The fourth-order valence-corrected chi connectivity index (χ4v) is 3.77. The molecule has 2 heterocycles. The lowest BCUT2D eigenvalue weighted by Gasteiger charge is -2.27. The highest BCUT2D eigenvalue weighted by molar-refractivity contribution is 5.98. The molecule has 1 aliphatic rings. The number of benzene rings is 1. The molecule has 0 aliphatic carbocycles. The number of H-pyrrole nitrogens is 1. The summed E-state index contributed by atoms with van der Waals surface area (Å²) in [5.74, 6) is -1.08. The summed E-state index contributed by atoms with van der Waals surface area (Å²) in [6.07, 6.45) is -0.520. The Morgan fingerprint density at radius 1 is 1.21 bits per heavy atom. The van der Waals surface area contributed by atoms with Gasteiger partial charge in [0.1, 0.15) is 11.6 Å². The zero-order valence-electron chi connectivity index (χ0n) is 19.3. The molecule has 1 aliphatic heterocycles. The molecule has 0 unspecified atom stereocenters. The standard InChI is InChI=1S/C22H28N4O7/c1-6-25-18(28)14-8-7-12(9-15(14)24-20(25)30)17(27)23-13-10-16(19(29)32-5)26(11-13)21(31)33-22(2,3)4/h7-9,13,16H,6,10-11H2,1-5H3,(H,23,27)(H,24,30)/t13-,16+/m0/s1. The van der Waals surface area contributed by atoms with Gasteiger partial charge < -0.3 is 19.8 Å². The molecule has 2 atom stereocenters. The predicted molar refractivity (Wildman–Crippen MR) is 119 cm³/mol. The van der Waals surface area contributed by atoms with Crippen molar-refractivity contribution < 1.29 is 23.9 Å². The molecule has 0 bridgehead atoms. The van der Waals surface area contributed by atoms with Crippen LogP contribution >= 0.6 is 0 Å². The van der Waals surface area contributed by atoms with Crippen LogP contribution < -0.4 is 16.6 Å². The van der Waals surface area contributed by atoms with Gasteiger partial charge in [0.15, 0.2) is 0 Å². The van der Waals surface area contributed by atoms with E-state index in [2.05, 4.69) is 10.3 Å². The van der Waals surface area contributed by atoms with Crippen molar-refractivity contribution in [1.29, 1.82) is 0 Å². The molecule has 11 nitrogen and oxygen atoms in total. The molecule has 1 saturated heterocycles. The number of methoxy groups -OCH3 is 1. The van der Waals surface area contributed by atoms with Gasteiger partial charge in [-0.15, -0.1) is 0 Å². The second-order valence-corrected chi connectivity index (χ2v) is 8.82. The summed E-state index contributed by atoms with van der Waals surface area (Å²) >= 11 is 0. The van der Waals surface area contributed by atoms with Gasteiger partial charge in [-0.2, -0.15) is 0 Å². The highest BCUT2D eigenvalue weighted by Crippen LogP contribution is 2.23. The van der Waals surface area contributed by atoms with Gasteiger partial charge in [0.2, 0.25) is 0 Å². The lowest BCUT2D eigenvalue weighted by Crippen LogP contribution is -2.44. The van der Waals surface area contributed by atoms with Crippen LogP contribution in [0.5, 0.6) is 0 Å². The summed E-state index contributed by atoms with van der Waals surface area (Å²) in [5.41, 5.74) is -1.28. The largest absolute Gasteiger partial charge is 0.467 e. The number of hydrogen-bond acceptors (Lipinski definition) is 7. The fourth-order valence-electron chi connectivity index (χ4n) is 3.77. The van der Waals surface area contributed by atoms with Crippen LogP contribution in [0, 0.1) is 0 Å². The number of aromatic nitrogens is 2. The minimum absolute atomic E-state index is 0.0616. The monoisotopic (exact) mass is 460 g/mol. The summed E-state index contributed by atoms with van der Waals surface area (Å²) in [4.78, 5) is 66.0. The van der Waals surface area contributed by atoms with Gasteiger partial charge in [-0.05, 0) is 45.9 Å². The predicted octanol–water partition coefficient (Wildman–Crippen LogP) is 0.991. The lowest BCUT2D eigenvalue weighted by molar-refractivity contribution is -0.145. The molecule has 0 saturated carbocycles. The Morgan fingerprint density at radius 3 is 2.52 bits per heavy atom. The summed E-state index contributed by atoms with van der Waals surface area (Å²) in [5, 5.41) is 3.08. The molecule has 33 heavy (non-hydrogen) atoms. The maximum Gasteiger partial charge on any atom is 0.411 e. The fraction of sp³-hybridized carbons (Fsp3) is 0.500. The summed E-state index contributed by atoms with van der Waals surface area (Å²) < 4.78 is 11.2. The Morgan fingerprint density at radius 2 is 1.91 bits per heavy atom. The highest BCUT2D eigenvalue weighted by atomic mass is 16.6. The van der Waals surface area contributed by atoms with E-state index in [4.69, 9.17) is 9.47 Å². The van der Waals surface area contributed by atoms with E-state index in [-0.39, 0.29) is 36.0 Å². The normalized spacial score (nSPS) is 18.3. The Labute approximate surface area is 189 Å². The van der Waals surface area contributed by atoms with Crippen LogP contribution in [0.15, 0.2) is 27.8 Å². The lowest BCUT2D eigenvalue weighted by atomic mass is 10.1. The first-order valence-electron chi connectivity index (χ1n) is 10.6. The number of hydrogen-bond donors (Lipinski definition) is 2. The number of fused-ring (bicyclic) bond motifs is 1. The summed E-state index contributed by atoms with van der Waals surface area (Å²) in [6, 6.07) is 2.96. The van der Waals surface area contributed by atoms with Crippen molar-refractivity contribution in [2.24, 2.45) is 0 Å². The first kappa shape index (κ1) is 24.0. The number of carbonyl (C=O) groups is 3. The topological polar surface area (TPSA) is 140 Å². The van der Waals surface area contributed by atoms with Crippen molar-refractivity contribution in [2.45, 2.75) is 58.3 Å². The van der Waals surface area contributed by atoms with E-state index in [1.807, 2.05) is 0 Å². The van der Waals surface area contributed by atoms with E-state index >= 15 is 0 Å². The molecule has 2 amide bonds. The molecule has 11 heteroatoms. The average Bonchev–Trinajstić information content (AvgIpc) is 3.15. The van der Waals surface area contributed by atoms with Crippen LogP contribution in [-0.2, 0) is 20.8 Å². The van der Waals surface area contributed by atoms with E-state index < -0.39 is 46.9 Å². The summed E-state index contributed by atoms with van der Waals surface area (Å²) in [7, 11) is 1.23. The maximum absolute atomic E-state index is 12.9. The zero-order chi connectivity index (χ0) is 24.5. The molecule has 3 rings (SSSR count). The van der Waals surface area contributed by atoms with Gasteiger partial charge >= 0.3 is 17.8 Å². The van der Waals surface area contributed by atoms with Crippen molar-refractivity contribution in [2.75, 3.05) is 13.7 Å². The number of esters is 1. The average molecular weight is 460 g/mol. The van der Waals surface area contributed by atoms with Crippen molar-refractivity contribution in [3.63, 3.8) is 0 Å². The molecular weight excluding hydrogens is 432 g/mol. The molecule has 1 fully saturated rings. The molecule has 2 aromatic rings. The molecule has 178 valence electrons. The minimum Gasteiger partial charge on any atom is -0.467 e. The van der Waals surface area contributed by atoms with Crippen LogP contribution in [0.25, 0.3) is 10.9 Å². The molecule has 2 N–H and O–H groups in total. The summed E-state index contributed by atoms with van der Waals surface area (Å²) in [6.45, 7) is 7.12. The van der Waals surface area contributed by atoms with Crippen molar-refractivity contribution >= 4 is 28.9 Å². The van der Waals surface area contributed by atoms with Crippen molar-refractivity contribution in [3.05, 3.63) is 44.6 Å². The van der Waals surface area contributed by atoms with Crippen LogP contribution in [0.3, 0.4) is 0 Å². The third kappa shape index (κ3) is 5.07. The SMILES string of the molecule is CCn1c(=O)[nH]c2cc(C(=O)N[C@H]3C[C@H](C(=O)OC)N(C(=O)OC(C)(C)C)C3)ccc2c1=O. The second kappa shape index (κ2) is 9.08. The van der Waals surface area contributed by atoms with E-state index in [0.29, 0.717) is 0 Å². The number of amides is 2. The van der Waals surface area contributed by atoms with E-state index in [1.54, 1.807) is 27.7 Å². The van der Waals surface area contributed by atoms with Gasteiger partial charge in [0.25, 0.3) is 11.5 Å². The highest BCUT2D eigenvalue weighted by Gasteiger charge is 2.42. The first-order chi connectivity index (χ1) is 15.4. The smallest absolute Gasteiger partial charge is 0.411 e. The maximum atomic E-state index is 12.9. The molecule has 0 radical (unpaired) electrons. The zero-order valence-corrected chi connectivity index (χ0v) is 19.3. The third-order valence-electron chi connectivity index (χ3n) is 5.30. The number of nitrogens with one attached hydrogen (secondary N) is 2. The first-order valence-corrected chi connectivity index (χ1v) is 10.6. The van der Waals surface area contributed by atoms with Crippen LogP contribution in [-0.4, -0.2) is 63.8 Å². The molecule has 0 spiro atoms. The number of nitrogens with zero attached hydrogens (tertiary/aromatic N) is 2. The molecule has 1 aromatic heterocycles. The number of aromatic amines is 1. The van der Waals surface area contributed by atoms with E-state index in [1.165, 1.54) is 30.2 Å². The van der Waals surface area contributed by atoms with Gasteiger partial charge in [-0.25, -0.2) is 14.4 Å². The minimum atomic E-state index is -0.893. The Balaban J connectivity index is 1.81. The third-order valence-corrected chi connectivity index (χ3v) is 5.30. The number of ether oxygens (including phenoxy) is 2. The second-order valence-electron chi connectivity index (χ2n) is 8.82. The van der Waals surface area contributed by atoms with E-state index in [0.717, 1.165) is 4.57 Å². The van der Waals surface area contributed by atoms with Gasteiger partial charge in [-0.1, -0.05) is 0 Å². The molecule has 1 aromatic carbocycles. The Bertz CT molecular complexity index is 1210. The van der Waals surface area contributed by atoms with Gasteiger partial charge in [0.05, 0.1) is 18.0 Å². The van der Waals surface area contributed by atoms with Gasteiger partial charge in [-0.3, -0.25) is 19.1 Å². The number of carbonyl (C=O) groups excluding carboxylic acids is 3.